The smallest absolute Gasteiger partial charge is 0.112 e. The number of nitriles is 1. The largest absolute Gasteiger partial charge is 0.381 e. The van der Waals surface area contributed by atoms with E-state index in [0.29, 0.717) is 21.7 Å². The Balaban J connectivity index is 2.51. The van der Waals surface area contributed by atoms with E-state index in [-0.39, 0.29) is 0 Å². The third kappa shape index (κ3) is 2.63. The average Bonchev–Trinajstić information content (AvgIpc) is 2.41. The first-order valence-electron chi connectivity index (χ1n) is 5.95. The summed E-state index contributed by atoms with van der Waals surface area (Å²) in [6.07, 6.45) is 0. The molecule has 0 spiro atoms. The van der Waals surface area contributed by atoms with Gasteiger partial charge in [0.15, 0.2) is 0 Å². The first kappa shape index (κ1) is 13.6. The molecule has 0 saturated heterocycles. The summed E-state index contributed by atoms with van der Waals surface area (Å²) in [7, 11) is 0. The van der Waals surface area contributed by atoms with Gasteiger partial charge in [-0.1, -0.05) is 35.9 Å². The van der Waals surface area contributed by atoms with Gasteiger partial charge in [-0.2, -0.15) is 5.26 Å². The number of hydrogen-bond donors (Lipinski definition) is 1. The Bertz CT molecular complexity index is 656. The van der Waals surface area contributed by atoms with Crippen LogP contribution in [-0.4, -0.2) is 5.11 Å². The highest BCUT2D eigenvalue weighted by Gasteiger charge is 2.26. The summed E-state index contributed by atoms with van der Waals surface area (Å²) in [5.41, 5.74) is 1.69. The van der Waals surface area contributed by atoms with E-state index in [1.165, 1.54) is 0 Å². The minimum Gasteiger partial charge on any atom is -0.381 e. The lowest BCUT2D eigenvalue weighted by atomic mass is 9.87. The summed E-state index contributed by atoms with van der Waals surface area (Å²) in [6, 6.07) is 14.5. The summed E-state index contributed by atoms with van der Waals surface area (Å²) in [6.45, 7) is 3.61. The van der Waals surface area contributed by atoms with Crippen molar-refractivity contribution in [1.29, 1.82) is 5.26 Å². The number of halogens is 1. The molecule has 1 unspecified atom stereocenters. The molecule has 0 aromatic heterocycles. The molecule has 96 valence electrons. The first-order valence-corrected chi connectivity index (χ1v) is 6.32. The zero-order valence-electron chi connectivity index (χ0n) is 10.8. The van der Waals surface area contributed by atoms with Crippen LogP contribution >= 0.6 is 11.6 Å². The van der Waals surface area contributed by atoms with E-state index >= 15 is 0 Å². The highest BCUT2D eigenvalue weighted by molar-refractivity contribution is 6.31. The molecule has 0 aliphatic carbocycles. The molecule has 1 N–H and O–H groups in total. The van der Waals surface area contributed by atoms with Crippen LogP contribution in [0.5, 0.6) is 0 Å². The Morgan fingerprint density at radius 1 is 1.16 bits per heavy atom. The van der Waals surface area contributed by atoms with Crippen molar-refractivity contribution >= 4 is 11.6 Å². The fourth-order valence-corrected chi connectivity index (χ4v) is 2.13. The predicted octanol–water partition coefficient (Wildman–Crippen LogP) is 3.78. The zero-order chi connectivity index (χ0) is 14.0. The van der Waals surface area contributed by atoms with Gasteiger partial charge in [0.05, 0.1) is 11.6 Å². The van der Waals surface area contributed by atoms with Gasteiger partial charge in [0.25, 0.3) is 0 Å². The van der Waals surface area contributed by atoms with Gasteiger partial charge in [0.1, 0.15) is 5.60 Å². The second-order valence-corrected chi connectivity index (χ2v) is 5.14. The Kier molecular flexibility index (Phi) is 3.61. The highest BCUT2D eigenvalue weighted by atomic mass is 35.5. The molecule has 0 aliphatic heterocycles. The summed E-state index contributed by atoms with van der Waals surface area (Å²) in [5.74, 6) is 0. The molecule has 0 radical (unpaired) electrons. The van der Waals surface area contributed by atoms with Crippen molar-refractivity contribution in [3.8, 4) is 6.07 Å². The van der Waals surface area contributed by atoms with Crippen LogP contribution in [0.25, 0.3) is 0 Å². The van der Waals surface area contributed by atoms with Crippen molar-refractivity contribution in [2.24, 2.45) is 0 Å². The summed E-state index contributed by atoms with van der Waals surface area (Å²) in [4.78, 5) is 0. The zero-order valence-corrected chi connectivity index (χ0v) is 11.6. The maximum absolute atomic E-state index is 10.7. The predicted molar refractivity (Wildman–Crippen MR) is 76.0 cm³/mol. The highest BCUT2D eigenvalue weighted by Crippen LogP contribution is 2.31. The maximum Gasteiger partial charge on any atom is 0.112 e. The van der Waals surface area contributed by atoms with Gasteiger partial charge in [-0.05, 0) is 48.7 Å². The minimum atomic E-state index is -1.18. The maximum atomic E-state index is 10.7. The molecule has 3 heteroatoms. The van der Waals surface area contributed by atoms with Gasteiger partial charge in [0.2, 0.25) is 0 Å². The molecule has 2 nitrogen and oxygen atoms in total. The van der Waals surface area contributed by atoms with Crippen molar-refractivity contribution in [2.45, 2.75) is 19.4 Å². The number of hydrogen-bond acceptors (Lipinski definition) is 2. The molecule has 0 amide bonds. The van der Waals surface area contributed by atoms with Crippen molar-refractivity contribution in [1.82, 2.24) is 0 Å². The van der Waals surface area contributed by atoms with Gasteiger partial charge in [0, 0.05) is 5.02 Å². The topological polar surface area (TPSA) is 44.0 Å². The Morgan fingerprint density at radius 2 is 1.84 bits per heavy atom. The van der Waals surface area contributed by atoms with Gasteiger partial charge in [-0.15, -0.1) is 0 Å². The molecule has 19 heavy (non-hydrogen) atoms. The fourth-order valence-electron chi connectivity index (χ4n) is 1.95. The molecule has 0 aliphatic rings. The van der Waals surface area contributed by atoms with Crippen LogP contribution in [0.2, 0.25) is 5.02 Å². The number of aryl methyl sites for hydroxylation is 1. The third-order valence-corrected chi connectivity index (χ3v) is 3.69. The van der Waals surface area contributed by atoms with Gasteiger partial charge < -0.3 is 5.11 Å². The lowest BCUT2D eigenvalue weighted by molar-refractivity contribution is 0.102. The normalized spacial score (nSPS) is 13.6. The van der Waals surface area contributed by atoms with Crippen molar-refractivity contribution in [2.75, 3.05) is 0 Å². The number of aliphatic hydroxyl groups is 1. The quantitative estimate of drug-likeness (QED) is 0.903. The van der Waals surface area contributed by atoms with Gasteiger partial charge >= 0.3 is 0 Å². The second kappa shape index (κ2) is 5.05. The van der Waals surface area contributed by atoms with E-state index in [9.17, 15) is 5.11 Å². The molecule has 0 saturated carbocycles. The standard InChI is InChI=1S/C16H14ClNO/c1-11-6-7-14(9-15(11)17)16(2,19)13-5-3-4-12(8-13)10-18/h3-9,19H,1-2H3. The summed E-state index contributed by atoms with van der Waals surface area (Å²) in [5, 5.41) is 20.3. The van der Waals surface area contributed by atoms with Gasteiger partial charge in [-0.3, -0.25) is 0 Å². The Labute approximate surface area is 117 Å². The third-order valence-electron chi connectivity index (χ3n) is 3.29. The van der Waals surface area contributed by atoms with Crippen LogP contribution in [0.3, 0.4) is 0 Å². The van der Waals surface area contributed by atoms with E-state index in [1.807, 2.05) is 19.1 Å². The lowest BCUT2D eigenvalue weighted by Gasteiger charge is -2.25. The molecule has 2 aromatic rings. The molecule has 0 bridgehead atoms. The average molecular weight is 272 g/mol. The number of nitrogens with zero attached hydrogens (tertiary/aromatic N) is 1. The molecule has 0 fully saturated rings. The van der Waals surface area contributed by atoms with Crippen LogP contribution < -0.4 is 0 Å². The lowest BCUT2D eigenvalue weighted by Crippen LogP contribution is -2.22. The van der Waals surface area contributed by atoms with E-state index in [2.05, 4.69) is 6.07 Å². The Hall–Kier alpha value is -1.82. The van der Waals surface area contributed by atoms with E-state index in [0.717, 1.165) is 5.56 Å². The number of benzene rings is 2. The second-order valence-electron chi connectivity index (χ2n) is 4.73. The molecule has 2 rings (SSSR count). The van der Waals surface area contributed by atoms with Crippen molar-refractivity contribution in [3.05, 3.63) is 69.7 Å². The summed E-state index contributed by atoms with van der Waals surface area (Å²) >= 11 is 6.10. The van der Waals surface area contributed by atoms with Crippen molar-refractivity contribution < 1.29 is 5.11 Å². The Morgan fingerprint density at radius 3 is 2.47 bits per heavy atom. The fraction of sp³-hybridized carbons (Fsp3) is 0.188. The van der Waals surface area contributed by atoms with Gasteiger partial charge in [-0.25, -0.2) is 0 Å². The molecular weight excluding hydrogens is 258 g/mol. The molecule has 0 heterocycles. The molecule has 2 aromatic carbocycles. The molecule has 1 atom stereocenters. The van der Waals surface area contributed by atoms with Crippen LogP contribution in [0.4, 0.5) is 0 Å². The number of rotatable bonds is 2. The summed E-state index contributed by atoms with van der Waals surface area (Å²) < 4.78 is 0. The molecular formula is C16H14ClNO. The van der Waals surface area contributed by atoms with E-state index in [4.69, 9.17) is 16.9 Å². The van der Waals surface area contributed by atoms with Crippen LogP contribution in [-0.2, 0) is 5.60 Å². The SMILES string of the molecule is Cc1ccc(C(C)(O)c2cccc(C#N)c2)cc1Cl. The van der Waals surface area contributed by atoms with E-state index in [1.54, 1.807) is 37.3 Å². The van der Waals surface area contributed by atoms with Crippen molar-refractivity contribution in [3.63, 3.8) is 0 Å². The van der Waals surface area contributed by atoms with Crippen LogP contribution in [0.15, 0.2) is 42.5 Å². The van der Waals surface area contributed by atoms with E-state index < -0.39 is 5.60 Å². The van der Waals surface area contributed by atoms with Crippen LogP contribution in [0, 0.1) is 18.3 Å². The first-order chi connectivity index (χ1) is 8.95. The van der Waals surface area contributed by atoms with Crippen LogP contribution in [0.1, 0.15) is 29.2 Å². The minimum absolute atomic E-state index is 0.524. The monoisotopic (exact) mass is 271 g/mol.